The first-order chi connectivity index (χ1) is 13.5. The van der Waals surface area contributed by atoms with Gasteiger partial charge in [-0.1, -0.05) is 41.9 Å². The normalized spacial score (nSPS) is 11.1. The Morgan fingerprint density at radius 2 is 1.50 bits per heavy atom. The zero-order valence-corrected chi connectivity index (χ0v) is 17.1. The average molecular weight is 418 g/mol. The predicted octanol–water partition coefficient (Wildman–Crippen LogP) is 4.75. The van der Waals surface area contributed by atoms with E-state index in [0.29, 0.717) is 22.2 Å². The van der Waals surface area contributed by atoms with Crippen LogP contribution in [0.5, 0.6) is 11.5 Å². The summed E-state index contributed by atoms with van der Waals surface area (Å²) < 4.78 is 38.8. The van der Waals surface area contributed by atoms with Gasteiger partial charge in [-0.05, 0) is 42.0 Å². The van der Waals surface area contributed by atoms with Crippen molar-refractivity contribution in [3.8, 4) is 11.5 Å². The number of methoxy groups -OCH3 is 2. The van der Waals surface area contributed by atoms with Crippen molar-refractivity contribution in [1.29, 1.82) is 0 Å². The first-order valence-corrected chi connectivity index (χ1v) is 10.3. The maximum absolute atomic E-state index is 13.4. The maximum atomic E-state index is 13.4. The second-order valence-electron chi connectivity index (χ2n) is 5.99. The highest BCUT2D eigenvalue weighted by Crippen LogP contribution is 2.34. The molecule has 0 aliphatic carbocycles. The van der Waals surface area contributed by atoms with Crippen molar-refractivity contribution in [2.75, 3.05) is 18.5 Å². The van der Waals surface area contributed by atoms with Crippen LogP contribution in [0, 0.1) is 0 Å². The van der Waals surface area contributed by atoms with Crippen LogP contribution in [0.3, 0.4) is 0 Å². The molecule has 3 rings (SSSR count). The summed E-state index contributed by atoms with van der Waals surface area (Å²) in [6.45, 7) is 0.168. The number of rotatable bonds is 7. The van der Waals surface area contributed by atoms with Crippen molar-refractivity contribution in [2.45, 2.75) is 11.4 Å². The Labute approximate surface area is 170 Å². The van der Waals surface area contributed by atoms with Gasteiger partial charge in [0, 0.05) is 11.1 Å². The molecule has 0 spiro atoms. The van der Waals surface area contributed by atoms with Gasteiger partial charge >= 0.3 is 0 Å². The monoisotopic (exact) mass is 417 g/mol. The second-order valence-corrected chi connectivity index (χ2v) is 8.29. The fourth-order valence-electron chi connectivity index (χ4n) is 2.78. The molecule has 0 atom stereocenters. The Morgan fingerprint density at radius 3 is 2.11 bits per heavy atom. The van der Waals surface area contributed by atoms with Crippen LogP contribution in [0.1, 0.15) is 5.56 Å². The third kappa shape index (κ3) is 4.24. The van der Waals surface area contributed by atoms with E-state index in [1.807, 2.05) is 30.3 Å². The van der Waals surface area contributed by atoms with Crippen LogP contribution in [0.2, 0.25) is 5.02 Å². The van der Waals surface area contributed by atoms with Gasteiger partial charge in [-0.3, -0.25) is 4.31 Å². The third-order valence-electron chi connectivity index (χ3n) is 4.23. The van der Waals surface area contributed by atoms with E-state index < -0.39 is 10.0 Å². The number of halogens is 1. The molecule has 3 aromatic carbocycles. The molecule has 0 heterocycles. The lowest BCUT2D eigenvalue weighted by Gasteiger charge is -2.25. The topological polar surface area (TPSA) is 55.8 Å². The van der Waals surface area contributed by atoms with Crippen molar-refractivity contribution in [3.05, 3.63) is 83.4 Å². The van der Waals surface area contributed by atoms with Gasteiger partial charge in [-0.25, -0.2) is 8.42 Å². The van der Waals surface area contributed by atoms with E-state index in [2.05, 4.69) is 0 Å². The van der Waals surface area contributed by atoms with Crippen molar-refractivity contribution in [1.82, 2.24) is 0 Å². The summed E-state index contributed by atoms with van der Waals surface area (Å²) >= 11 is 5.92. The smallest absolute Gasteiger partial charge is 0.264 e. The second kappa shape index (κ2) is 8.54. The highest BCUT2D eigenvalue weighted by Gasteiger charge is 2.26. The summed E-state index contributed by atoms with van der Waals surface area (Å²) in [4.78, 5) is 0.155. The Balaban J connectivity index is 2.11. The van der Waals surface area contributed by atoms with Crippen LogP contribution in [-0.2, 0) is 16.6 Å². The fraction of sp³-hybridized carbons (Fsp3) is 0.143. The molecule has 0 aromatic heterocycles. The van der Waals surface area contributed by atoms with Gasteiger partial charge in [0.15, 0.2) is 11.5 Å². The molecule has 146 valence electrons. The van der Waals surface area contributed by atoms with Crippen molar-refractivity contribution < 1.29 is 17.9 Å². The van der Waals surface area contributed by atoms with Gasteiger partial charge in [-0.15, -0.1) is 0 Å². The average Bonchev–Trinajstić information content (AvgIpc) is 2.72. The first kappa shape index (κ1) is 20.0. The van der Waals surface area contributed by atoms with Gasteiger partial charge in [0.05, 0.1) is 31.3 Å². The summed E-state index contributed by atoms with van der Waals surface area (Å²) in [5.41, 5.74) is 1.33. The van der Waals surface area contributed by atoms with E-state index in [4.69, 9.17) is 21.1 Å². The minimum atomic E-state index is -3.84. The molecular weight excluding hydrogens is 398 g/mol. The summed E-state index contributed by atoms with van der Waals surface area (Å²) in [6, 6.07) is 20.5. The van der Waals surface area contributed by atoms with Crippen molar-refractivity contribution in [2.24, 2.45) is 0 Å². The van der Waals surface area contributed by atoms with Crippen LogP contribution in [0.25, 0.3) is 0 Å². The van der Waals surface area contributed by atoms with Crippen molar-refractivity contribution in [3.63, 3.8) is 0 Å². The molecule has 0 fully saturated rings. The summed E-state index contributed by atoms with van der Waals surface area (Å²) in [7, 11) is -0.793. The minimum absolute atomic E-state index is 0.155. The molecular formula is C21H20ClNO4S. The van der Waals surface area contributed by atoms with E-state index in [9.17, 15) is 8.42 Å². The summed E-state index contributed by atoms with van der Waals surface area (Å²) in [6.07, 6.45) is 0. The number of hydrogen-bond donors (Lipinski definition) is 0. The van der Waals surface area contributed by atoms with E-state index in [0.717, 1.165) is 5.56 Å². The largest absolute Gasteiger partial charge is 0.493 e. The minimum Gasteiger partial charge on any atom is -0.493 e. The molecule has 0 radical (unpaired) electrons. The predicted molar refractivity (Wildman–Crippen MR) is 111 cm³/mol. The number of sulfonamides is 1. The van der Waals surface area contributed by atoms with Crippen molar-refractivity contribution >= 4 is 27.3 Å². The number of anilines is 1. The highest BCUT2D eigenvalue weighted by atomic mass is 35.5. The van der Waals surface area contributed by atoms with Crippen LogP contribution in [0.15, 0.2) is 77.7 Å². The number of ether oxygens (including phenoxy) is 2. The number of nitrogens with zero attached hydrogens (tertiary/aromatic N) is 1. The molecule has 0 saturated carbocycles. The summed E-state index contributed by atoms with van der Waals surface area (Å²) in [5.74, 6) is 0.971. The maximum Gasteiger partial charge on any atom is 0.264 e. The number of hydrogen-bond acceptors (Lipinski definition) is 4. The van der Waals surface area contributed by atoms with Gasteiger partial charge < -0.3 is 9.47 Å². The quantitative estimate of drug-likeness (QED) is 0.556. The zero-order valence-electron chi connectivity index (χ0n) is 15.5. The lowest BCUT2D eigenvalue weighted by atomic mass is 10.2. The SMILES string of the molecule is COc1ccc(N(Cc2ccccc2)S(=O)(=O)c2ccc(Cl)cc2)cc1OC. The van der Waals surface area contributed by atoms with Crippen LogP contribution >= 0.6 is 11.6 Å². The van der Waals surface area contributed by atoms with Crippen LogP contribution in [-0.4, -0.2) is 22.6 Å². The lowest BCUT2D eigenvalue weighted by Crippen LogP contribution is -2.30. The van der Waals surface area contributed by atoms with Gasteiger partial charge in [0.1, 0.15) is 0 Å². The first-order valence-electron chi connectivity index (χ1n) is 8.50. The third-order valence-corrected chi connectivity index (χ3v) is 6.27. The van der Waals surface area contributed by atoms with E-state index in [1.165, 1.54) is 30.7 Å². The lowest BCUT2D eigenvalue weighted by molar-refractivity contribution is 0.355. The standard InChI is InChI=1S/C21H20ClNO4S/c1-26-20-13-10-18(14-21(20)27-2)23(15-16-6-4-3-5-7-16)28(24,25)19-11-8-17(22)9-12-19/h3-14H,15H2,1-2H3. The Hall–Kier alpha value is -2.70. The Kier molecular flexibility index (Phi) is 6.11. The van der Waals surface area contributed by atoms with E-state index >= 15 is 0 Å². The van der Waals surface area contributed by atoms with Crippen LogP contribution in [0.4, 0.5) is 5.69 Å². The molecule has 0 N–H and O–H groups in total. The zero-order chi connectivity index (χ0) is 20.1. The molecule has 5 nitrogen and oxygen atoms in total. The molecule has 0 aliphatic rings. The van der Waals surface area contributed by atoms with Gasteiger partial charge in [0.25, 0.3) is 10.0 Å². The number of benzene rings is 3. The van der Waals surface area contributed by atoms with Gasteiger partial charge in [-0.2, -0.15) is 0 Å². The molecule has 7 heteroatoms. The van der Waals surface area contributed by atoms with E-state index in [1.54, 1.807) is 30.3 Å². The molecule has 28 heavy (non-hydrogen) atoms. The fourth-order valence-corrected chi connectivity index (χ4v) is 4.35. The molecule has 0 amide bonds. The van der Waals surface area contributed by atoms with Gasteiger partial charge in [0.2, 0.25) is 0 Å². The van der Waals surface area contributed by atoms with E-state index in [-0.39, 0.29) is 11.4 Å². The molecule has 0 aliphatic heterocycles. The Bertz CT molecular complexity index is 1040. The molecule has 3 aromatic rings. The molecule has 0 bridgehead atoms. The molecule has 0 saturated heterocycles. The summed E-state index contributed by atoms with van der Waals surface area (Å²) in [5, 5.41) is 0.472. The Morgan fingerprint density at radius 1 is 0.857 bits per heavy atom. The highest BCUT2D eigenvalue weighted by molar-refractivity contribution is 7.92. The van der Waals surface area contributed by atoms with Crippen LogP contribution < -0.4 is 13.8 Å². The molecule has 0 unspecified atom stereocenters.